The van der Waals surface area contributed by atoms with E-state index in [-0.39, 0.29) is 19.3 Å². The van der Waals surface area contributed by atoms with Gasteiger partial charge in [0.1, 0.15) is 0 Å². The number of hydrogen-bond donors (Lipinski definition) is 0. The summed E-state index contributed by atoms with van der Waals surface area (Å²) in [7, 11) is 0.0276. The van der Waals surface area contributed by atoms with E-state index in [0.717, 1.165) is 6.32 Å². The zero-order chi connectivity index (χ0) is 10.0. The van der Waals surface area contributed by atoms with Crippen LogP contribution in [-0.4, -0.2) is 19.3 Å². The van der Waals surface area contributed by atoms with Gasteiger partial charge in [0.2, 0.25) is 0 Å². The van der Waals surface area contributed by atoms with Crippen molar-refractivity contribution in [3.8, 4) is 0 Å². The molecule has 0 aliphatic carbocycles. The summed E-state index contributed by atoms with van der Waals surface area (Å²) in [5.74, 6) is 1.09. The SMILES string of the molecule is CCB1OC(C(C)C)C(C(C)C)O1. The highest BCUT2D eigenvalue weighted by molar-refractivity contribution is 6.45. The second-order valence-corrected chi connectivity index (χ2v) is 4.53. The molecule has 76 valence electrons. The molecule has 0 aromatic carbocycles. The maximum absolute atomic E-state index is 5.82. The van der Waals surface area contributed by atoms with Crippen molar-refractivity contribution >= 4 is 7.12 Å². The van der Waals surface area contributed by atoms with E-state index in [0.29, 0.717) is 11.8 Å². The summed E-state index contributed by atoms with van der Waals surface area (Å²) in [6, 6.07) is 0. The Morgan fingerprint density at radius 2 is 1.38 bits per heavy atom. The Morgan fingerprint density at radius 1 is 1.00 bits per heavy atom. The molecule has 0 spiro atoms. The van der Waals surface area contributed by atoms with Crippen molar-refractivity contribution in [2.45, 2.75) is 53.1 Å². The molecule has 1 fully saturated rings. The normalized spacial score (nSPS) is 29.3. The Kier molecular flexibility index (Phi) is 3.80. The van der Waals surface area contributed by atoms with E-state index in [2.05, 4.69) is 34.6 Å². The molecule has 0 saturated carbocycles. The van der Waals surface area contributed by atoms with Crippen LogP contribution >= 0.6 is 0 Å². The van der Waals surface area contributed by atoms with Crippen molar-refractivity contribution in [1.82, 2.24) is 0 Å². The smallest absolute Gasteiger partial charge is 0.405 e. The largest absolute Gasteiger partial charge is 0.457 e. The van der Waals surface area contributed by atoms with Crippen molar-refractivity contribution in [2.75, 3.05) is 0 Å². The van der Waals surface area contributed by atoms with Crippen LogP contribution in [-0.2, 0) is 9.31 Å². The van der Waals surface area contributed by atoms with Crippen LogP contribution in [0.1, 0.15) is 34.6 Å². The van der Waals surface area contributed by atoms with Gasteiger partial charge in [-0.15, -0.1) is 0 Å². The van der Waals surface area contributed by atoms with E-state index in [1.54, 1.807) is 0 Å². The van der Waals surface area contributed by atoms with Gasteiger partial charge in [-0.3, -0.25) is 0 Å². The molecule has 2 atom stereocenters. The molecule has 1 heterocycles. The standard InChI is InChI=1S/C10H21BO2/c1-6-11-12-9(7(2)3)10(13-11)8(4)5/h7-10H,6H2,1-5H3. The lowest BCUT2D eigenvalue weighted by Crippen LogP contribution is -2.31. The minimum Gasteiger partial charge on any atom is -0.405 e. The van der Waals surface area contributed by atoms with Gasteiger partial charge in [0.25, 0.3) is 0 Å². The van der Waals surface area contributed by atoms with Crippen molar-refractivity contribution in [3.05, 3.63) is 0 Å². The molecule has 1 rings (SSSR count). The second-order valence-electron chi connectivity index (χ2n) is 4.53. The summed E-state index contributed by atoms with van der Waals surface area (Å²) in [5.41, 5.74) is 0. The third-order valence-electron chi connectivity index (χ3n) is 2.59. The molecule has 1 aliphatic heterocycles. The molecular weight excluding hydrogens is 163 g/mol. The molecular formula is C10H21BO2. The van der Waals surface area contributed by atoms with Crippen LogP contribution in [0.4, 0.5) is 0 Å². The zero-order valence-electron chi connectivity index (χ0n) is 9.41. The lowest BCUT2D eigenvalue weighted by atomic mass is 9.87. The molecule has 0 radical (unpaired) electrons. The van der Waals surface area contributed by atoms with E-state index in [1.807, 2.05) is 0 Å². The summed E-state index contributed by atoms with van der Waals surface area (Å²) < 4.78 is 11.6. The third kappa shape index (κ3) is 2.47. The third-order valence-corrected chi connectivity index (χ3v) is 2.59. The van der Waals surface area contributed by atoms with Gasteiger partial charge < -0.3 is 9.31 Å². The summed E-state index contributed by atoms with van der Waals surface area (Å²) in [6.45, 7) is 10.9. The molecule has 1 saturated heterocycles. The van der Waals surface area contributed by atoms with Crippen molar-refractivity contribution in [2.24, 2.45) is 11.8 Å². The molecule has 1 aliphatic rings. The molecule has 13 heavy (non-hydrogen) atoms. The van der Waals surface area contributed by atoms with Crippen molar-refractivity contribution in [3.63, 3.8) is 0 Å². The first-order valence-electron chi connectivity index (χ1n) is 5.37. The molecule has 0 aromatic rings. The van der Waals surface area contributed by atoms with Crippen molar-refractivity contribution in [1.29, 1.82) is 0 Å². The lowest BCUT2D eigenvalue weighted by molar-refractivity contribution is 0.0815. The first kappa shape index (κ1) is 11.1. The van der Waals surface area contributed by atoms with Crippen LogP contribution < -0.4 is 0 Å². The molecule has 2 unspecified atom stereocenters. The average molecular weight is 184 g/mol. The highest BCUT2D eigenvalue weighted by Crippen LogP contribution is 2.28. The number of rotatable bonds is 3. The van der Waals surface area contributed by atoms with Gasteiger partial charge in [-0.25, -0.2) is 0 Å². The summed E-state index contributed by atoms with van der Waals surface area (Å²) in [4.78, 5) is 0. The van der Waals surface area contributed by atoms with Gasteiger partial charge in [0.15, 0.2) is 0 Å². The van der Waals surface area contributed by atoms with Gasteiger partial charge in [0.05, 0.1) is 12.2 Å². The molecule has 3 heteroatoms. The molecule has 0 N–H and O–H groups in total. The summed E-state index contributed by atoms with van der Waals surface area (Å²) >= 11 is 0. The fraction of sp³-hybridized carbons (Fsp3) is 1.00. The van der Waals surface area contributed by atoms with Crippen LogP contribution in [0.2, 0.25) is 6.32 Å². The van der Waals surface area contributed by atoms with Crippen LogP contribution in [0.5, 0.6) is 0 Å². The van der Waals surface area contributed by atoms with E-state index in [4.69, 9.17) is 9.31 Å². The average Bonchev–Trinajstić information content (AvgIpc) is 2.47. The van der Waals surface area contributed by atoms with Crippen LogP contribution in [0, 0.1) is 11.8 Å². The lowest BCUT2D eigenvalue weighted by Gasteiger charge is -2.24. The molecule has 0 bridgehead atoms. The number of hydrogen-bond acceptors (Lipinski definition) is 2. The minimum absolute atomic E-state index is 0.0276. The first-order valence-corrected chi connectivity index (χ1v) is 5.37. The van der Waals surface area contributed by atoms with Gasteiger partial charge >= 0.3 is 7.12 Å². The van der Waals surface area contributed by atoms with E-state index in [9.17, 15) is 0 Å². The van der Waals surface area contributed by atoms with E-state index < -0.39 is 0 Å². The van der Waals surface area contributed by atoms with Crippen LogP contribution in [0.15, 0.2) is 0 Å². The fourth-order valence-corrected chi connectivity index (χ4v) is 1.80. The summed E-state index contributed by atoms with van der Waals surface area (Å²) in [6.07, 6.45) is 1.52. The van der Waals surface area contributed by atoms with Crippen LogP contribution in [0.3, 0.4) is 0 Å². The van der Waals surface area contributed by atoms with Gasteiger partial charge in [0, 0.05) is 0 Å². The Bertz CT molecular complexity index is 143. The Hall–Kier alpha value is -0.0151. The first-order chi connectivity index (χ1) is 6.06. The predicted molar refractivity (Wildman–Crippen MR) is 55.7 cm³/mol. The van der Waals surface area contributed by atoms with E-state index >= 15 is 0 Å². The van der Waals surface area contributed by atoms with Crippen LogP contribution in [0.25, 0.3) is 0 Å². The van der Waals surface area contributed by atoms with Gasteiger partial charge in [-0.1, -0.05) is 34.6 Å². The van der Waals surface area contributed by atoms with Gasteiger partial charge in [-0.05, 0) is 18.2 Å². The summed E-state index contributed by atoms with van der Waals surface area (Å²) in [5, 5.41) is 0. The topological polar surface area (TPSA) is 18.5 Å². The Balaban J connectivity index is 2.60. The Morgan fingerprint density at radius 3 is 1.62 bits per heavy atom. The van der Waals surface area contributed by atoms with Gasteiger partial charge in [-0.2, -0.15) is 0 Å². The molecule has 2 nitrogen and oxygen atoms in total. The fourth-order valence-electron chi connectivity index (χ4n) is 1.80. The maximum atomic E-state index is 5.82. The van der Waals surface area contributed by atoms with Crippen molar-refractivity contribution < 1.29 is 9.31 Å². The second kappa shape index (κ2) is 4.47. The minimum atomic E-state index is 0.0276. The zero-order valence-corrected chi connectivity index (χ0v) is 9.41. The quantitative estimate of drug-likeness (QED) is 0.627. The highest BCUT2D eigenvalue weighted by atomic mass is 16.7. The monoisotopic (exact) mass is 184 g/mol. The molecule has 0 aromatic heterocycles. The predicted octanol–water partition coefficient (Wildman–Crippen LogP) is 2.59. The highest BCUT2D eigenvalue weighted by Gasteiger charge is 2.40. The Labute approximate surface area is 82.1 Å². The van der Waals surface area contributed by atoms with E-state index in [1.165, 1.54) is 0 Å². The maximum Gasteiger partial charge on any atom is 0.457 e. The molecule has 0 amide bonds.